The maximum absolute atomic E-state index is 3.33. The largest absolute Gasteiger partial charge is 0.313 e. The Balaban J connectivity index is 2.39. The molecule has 0 bridgehead atoms. The third-order valence-corrected chi connectivity index (χ3v) is 3.66. The summed E-state index contributed by atoms with van der Waals surface area (Å²) < 4.78 is 0. The van der Waals surface area contributed by atoms with Crippen LogP contribution in [0.15, 0.2) is 54.6 Å². The Kier molecular flexibility index (Phi) is 4.16. The number of rotatable bonds is 4. The van der Waals surface area contributed by atoms with Crippen molar-refractivity contribution in [2.45, 2.75) is 25.8 Å². The second-order valence-corrected chi connectivity index (χ2v) is 4.77. The number of benzene rings is 2. The second kappa shape index (κ2) is 5.83. The molecule has 0 spiro atoms. The van der Waals surface area contributed by atoms with Crippen molar-refractivity contribution in [2.75, 3.05) is 7.05 Å². The molecule has 0 aromatic heterocycles. The Bertz CT molecular complexity index is 490. The highest BCUT2D eigenvalue weighted by Crippen LogP contribution is 2.29. The summed E-state index contributed by atoms with van der Waals surface area (Å²) in [6.07, 6.45) is 0. The molecule has 2 atom stereocenters. The highest BCUT2D eigenvalue weighted by Gasteiger charge is 2.14. The molecule has 0 unspecified atom stereocenters. The molecule has 1 nitrogen and oxygen atoms in total. The van der Waals surface area contributed by atoms with Crippen molar-refractivity contribution in [3.8, 4) is 0 Å². The third kappa shape index (κ3) is 2.62. The maximum Gasteiger partial charge on any atom is 0.0291 e. The van der Waals surface area contributed by atoms with E-state index >= 15 is 0 Å². The van der Waals surface area contributed by atoms with Crippen LogP contribution in [0.2, 0.25) is 0 Å². The number of hydrogen-bond acceptors (Lipinski definition) is 1. The minimum absolute atomic E-state index is 0.382. The summed E-state index contributed by atoms with van der Waals surface area (Å²) in [5.74, 6) is 0.429. The lowest BCUT2D eigenvalue weighted by molar-refractivity contribution is 0.641. The van der Waals surface area contributed by atoms with Gasteiger partial charge in [0.05, 0.1) is 0 Å². The second-order valence-electron chi connectivity index (χ2n) is 4.77. The molecular formula is C17H21N. The van der Waals surface area contributed by atoms with Gasteiger partial charge in [-0.3, -0.25) is 0 Å². The van der Waals surface area contributed by atoms with Crippen LogP contribution in [0, 0.1) is 0 Å². The highest BCUT2D eigenvalue weighted by atomic mass is 14.9. The normalized spacial score (nSPS) is 14.2. The fourth-order valence-electron chi connectivity index (χ4n) is 2.38. The molecule has 18 heavy (non-hydrogen) atoms. The molecule has 0 heterocycles. The van der Waals surface area contributed by atoms with Crippen LogP contribution in [-0.4, -0.2) is 7.05 Å². The molecule has 1 heteroatoms. The Labute approximate surface area is 110 Å². The van der Waals surface area contributed by atoms with E-state index in [0.29, 0.717) is 12.0 Å². The Hall–Kier alpha value is -1.60. The zero-order chi connectivity index (χ0) is 13.0. The summed E-state index contributed by atoms with van der Waals surface area (Å²) in [5, 5.41) is 3.33. The van der Waals surface area contributed by atoms with Gasteiger partial charge in [0.1, 0.15) is 0 Å². The summed E-state index contributed by atoms with van der Waals surface area (Å²) in [4.78, 5) is 0. The predicted octanol–water partition coefficient (Wildman–Crippen LogP) is 4.12. The van der Waals surface area contributed by atoms with Gasteiger partial charge < -0.3 is 5.32 Å². The van der Waals surface area contributed by atoms with Gasteiger partial charge in [-0.1, -0.05) is 61.5 Å². The first kappa shape index (κ1) is 12.8. The van der Waals surface area contributed by atoms with Crippen LogP contribution in [0.1, 0.15) is 42.5 Å². The zero-order valence-corrected chi connectivity index (χ0v) is 11.4. The lowest BCUT2D eigenvalue weighted by atomic mass is 9.87. The molecule has 0 saturated carbocycles. The summed E-state index contributed by atoms with van der Waals surface area (Å²) in [6, 6.07) is 19.8. The fraction of sp³-hybridized carbons (Fsp3) is 0.294. The Morgan fingerprint density at radius 2 is 1.33 bits per heavy atom. The molecule has 0 aliphatic rings. The molecule has 2 rings (SSSR count). The van der Waals surface area contributed by atoms with E-state index in [4.69, 9.17) is 0 Å². The summed E-state index contributed by atoms with van der Waals surface area (Å²) in [5.41, 5.74) is 4.16. The Morgan fingerprint density at radius 3 is 1.94 bits per heavy atom. The van der Waals surface area contributed by atoms with Crippen LogP contribution in [0.5, 0.6) is 0 Å². The van der Waals surface area contributed by atoms with Gasteiger partial charge in [-0.25, -0.2) is 0 Å². The van der Waals surface area contributed by atoms with E-state index in [1.54, 1.807) is 0 Å². The van der Waals surface area contributed by atoms with E-state index in [9.17, 15) is 0 Å². The minimum Gasteiger partial charge on any atom is -0.313 e. The van der Waals surface area contributed by atoms with Crippen LogP contribution in [0.25, 0.3) is 0 Å². The van der Waals surface area contributed by atoms with Crippen molar-refractivity contribution in [2.24, 2.45) is 0 Å². The van der Waals surface area contributed by atoms with Crippen molar-refractivity contribution in [1.82, 2.24) is 5.32 Å². The van der Waals surface area contributed by atoms with Gasteiger partial charge in [-0.2, -0.15) is 0 Å². The van der Waals surface area contributed by atoms with Crippen molar-refractivity contribution in [1.29, 1.82) is 0 Å². The van der Waals surface area contributed by atoms with Crippen molar-refractivity contribution in [3.05, 3.63) is 71.3 Å². The van der Waals surface area contributed by atoms with Gasteiger partial charge in [-0.15, -0.1) is 0 Å². The lowest BCUT2D eigenvalue weighted by Gasteiger charge is -2.20. The molecule has 0 fully saturated rings. The van der Waals surface area contributed by atoms with E-state index in [0.717, 1.165) is 0 Å². The molecule has 0 amide bonds. The van der Waals surface area contributed by atoms with Crippen LogP contribution < -0.4 is 5.32 Å². The molecule has 2 aromatic rings. The third-order valence-electron chi connectivity index (χ3n) is 3.66. The van der Waals surface area contributed by atoms with Gasteiger partial charge in [0.2, 0.25) is 0 Å². The van der Waals surface area contributed by atoms with Gasteiger partial charge in [0.25, 0.3) is 0 Å². The van der Waals surface area contributed by atoms with Gasteiger partial charge >= 0.3 is 0 Å². The quantitative estimate of drug-likeness (QED) is 0.846. The smallest absolute Gasteiger partial charge is 0.0291 e. The summed E-state index contributed by atoms with van der Waals surface area (Å²) in [6.45, 7) is 4.48. The van der Waals surface area contributed by atoms with E-state index in [1.165, 1.54) is 16.7 Å². The van der Waals surface area contributed by atoms with Crippen LogP contribution in [0.3, 0.4) is 0 Å². The maximum atomic E-state index is 3.33. The van der Waals surface area contributed by atoms with E-state index < -0.39 is 0 Å². The molecule has 0 radical (unpaired) electrons. The summed E-state index contributed by atoms with van der Waals surface area (Å²) >= 11 is 0. The molecule has 0 aliphatic carbocycles. The van der Waals surface area contributed by atoms with Gasteiger partial charge in [0.15, 0.2) is 0 Å². The van der Waals surface area contributed by atoms with Crippen LogP contribution in [0.4, 0.5) is 0 Å². The first-order chi connectivity index (χ1) is 8.74. The average Bonchev–Trinajstić information content (AvgIpc) is 2.46. The molecule has 0 saturated heterocycles. The van der Waals surface area contributed by atoms with Crippen LogP contribution >= 0.6 is 0 Å². The Morgan fingerprint density at radius 1 is 0.778 bits per heavy atom. The summed E-state index contributed by atoms with van der Waals surface area (Å²) in [7, 11) is 2.01. The first-order valence-corrected chi connectivity index (χ1v) is 6.55. The minimum atomic E-state index is 0.382. The van der Waals surface area contributed by atoms with Gasteiger partial charge in [0, 0.05) is 12.0 Å². The monoisotopic (exact) mass is 239 g/mol. The van der Waals surface area contributed by atoms with Crippen molar-refractivity contribution >= 4 is 0 Å². The first-order valence-electron chi connectivity index (χ1n) is 6.55. The topological polar surface area (TPSA) is 12.0 Å². The van der Waals surface area contributed by atoms with Crippen molar-refractivity contribution in [3.63, 3.8) is 0 Å². The lowest BCUT2D eigenvalue weighted by Crippen LogP contribution is -2.15. The SMILES string of the molecule is CN[C@@H](C)c1ccccc1[C@H](C)c1ccccc1. The van der Waals surface area contributed by atoms with Crippen LogP contribution in [-0.2, 0) is 0 Å². The van der Waals surface area contributed by atoms with Crippen molar-refractivity contribution < 1.29 is 0 Å². The van der Waals surface area contributed by atoms with E-state index in [-0.39, 0.29) is 0 Å². The molecule has 1 N–H and O–H groups in total. The fourth-order valence-corrected chi connectivity index (χ4v) is 2.38. The highest BCUT2D eigenvalue weighted by molar-refractivity contribution is 5.38. The number of hydrogen-bond donors (Lipinski definition) is 1. The average molecular weight is 239 g/mol. The van der Waals surface area contributed by atoms with E-state index in [2.05, 4.69) is 73.8 Å². The standard InChI is InChI=1S/C17H21N/c1-13(15-9-5-4-6-10-15)16-11-7-8-12-17(16)14(2)18-3/h4-14,18H,1-3H3/t13-,14+/m1/s1. The van der Waals surface area contributed by atoms with E-state index in [1.807, 2.05) is 7.05 Å². The molecular weight excluding hydrogens is 218 g/mol. The molecule has 0 aliphatic heterocycles. The predicted molar refractivity (Wildman–Crippen MR) is 77.9 cm³/mol. The molecule has 94 valence electrons. The van der Waals surface area contributed by atoms with Gasteiger partial charge in [-0.05, 0) is 30.7 Å². The number of nitrogens with one attached hydrogen (secondary N) is 1. The molecule has 2 aromatic carbocycles. The zero-order valence-electron chi connectivity index (χ0n) is 11.4.